The van der Waals surface area contributed by atoms with Crippen LogP contribution in [-0.4, -0.2) is 24.8 Å². The van der Waals surface area contributed by atoms with Crippen molar-refractivity contribution in [3.05, 3.63) is 58.2 Å². The third-order valence-corrected chi connectivity index (χ3v) is 6.23. The van der Waals surface area contributed by atoms with E-state index in [9.17, 15) is 18.3 Å². The highest BCUT2D eigenvalue weighted by Crippen LogP contribution is 2.39. The quantitative estimate of drug-likeness (QED) is 0.564. The smallest absolute Gasteiger partial charge is 0.266 e. The van der Waals surface area contributed by atoms with Crippen molar-refractivity contribution in [2.24, 2.45) is 0 Å². The number of aromatic nitrogens is 1. The van der Waals surface area contributed by atoms with Crippen LogP contribution in [0.15, 0.2) is 57.5 Å². The van der Waals surface area contributed by atoms with Gasteiger partial charge in [0.25, 0.3) is 5.56 Å². The number of thiophene rings is 1. The molecule has 126 valence electrons. The molecule has 0 aliphatic rings. The van der Waals surface area contributed by atoms with Crippen LogP contribution in [0.1, 0.15) is 0 Å². The third-order valence-electron chi connectivity index (χ3n) is 4.13. The van der Waals surface area contributed by atoms with E-state index in [1.807, 2.05) is 12.1 Å². The van der Waals surface area contributed by atoms with Gasteiger partial charge in [0, 0.05) is 27.9 Å². The zero-order chi connectivity index (χ0) is 17.8. The van der Waals surface area contributed by atoms with Gasteiger partial charge in [-0.15, -0.1) is 11.3 Å². The fourth-order valence-electron chi connectivity index (χ4n) is 2.98. The molecule has 0 spiro atoms. The zero-order valence-corrected chi connectivity index (χ0v) is 14.7. The van der Waals surface area contributed by atoms with Crippen LogP contribution in [-0.2, 0) is 9.84 Å². The second-order valence-electron chi connectivity index (χ2n) is 5.80. The number of pyridine rings is 1. The molecule has 7 heteroatoms. The molecule has 25 heavy (non-hydrogen) atoms. The van der Waals surface area contributed by atoms with Gasteiger partial charge in [0.15, 0.2) is 9.84 Å². The van der Waals surface area contributed by atoms with Gasteiger partial charge in [-0.2, -0.15) is 0 Å². The van der Waals surface area contributed by atoms with Gasteiger partial charge in [0.1, 0.15) is 10.4 Å². The van der Waals surface area contributed by atoms with Crippen LogP contribution in [0.4, 0.5) is 0 Å². The minimum atomic E-state index is -3.27. The van der Waals surface area contributed by atoms with Crippen molar-refractivity contribution in [1.82, 2.24) is 4.98 Å². The first-order valence-corrected chi connectivity index (χ1v) is 10.2. The number of rotatable bonds is 2. The Morgan fingerprint density at radius 2 is 1.76 bits per heavy atom. The number of fused-ring (bicyclic) bond motifs is 3. The number of nitrogens with one attached hydrogen (secondary N) is 1. The van der Waals surface area contributed by atoms with Crippen molar-refractivity contribution in [2.75, 3.05) is 6.26 Å². The molecule has 0 unspecified atom stereocenters. The molecule has 2 N–H and O–H groups in total. The Kier molecular flexibility index (Phi) is 3.45. The van der Waals surface area contributed by atoms with Crippen molar-refractivity contribution in [3.63, 3.8) is 0 Å². The Labute approximate surface area is 147 Å². The lowest BCUT2D eigenvalue weighted by Crippen LogP contribution is -2.04. The molecular formula is C18H13NO4S2. The lowest BCUT2D eigenvalue weighted by molar-refractivity contribution is 0.484. The van der Waals surface area contributed by atoms with Crippen molar-refractivity contribution in [2.45, 2.75) is 4.90 Å². The molecule has 0 saturated carbocycles. The van der Waals surface area contributed by atoms with Gasteiger partial charge in [-0.1, -0.05) is 24.3 Å². The van der Waals surface area contributed by atoms with Crippen molar-refractivity contribution in [1.29, 1.82) is 0 Å². The summed E-state index contributed by atoms with van der Waals surface area (Å²) in [5.41, 5.74) is 2.00. The first kappa shape index (κ1) is 15.9. The molecule has 0 fully saturated rings. The maximum atomic E-state index is 12.2. The second kappa shape index (κ2) is 5.44. The molecular weight excluding hydrogens is 358 g/mol. The van der Waals surface area contributed by atoms with E-state index >= 15 is 0 Å². The van der Waals surface area contributed by atoms with Crippen LogP contribution in [0.25, 0.3) is 32.1 Å². The standard InChI is InChI=1S/C18H13NO4S2/c1-25(22,23)11-7-5-10(6-8-11)12-3-2-4-13-15(12)16-14(20)9-24-17(16)18(21)19-13/h2-9,20H,1H3,(H,19,21). The van der Waals surface area contributed by atoms with Gasteiger partial charge in [-0.25, -0.2) is 8.42 Å². The van der Waals surface area contributed by atoms with Gasteiger partial charge in [-0.3, -0.25) is 4.79 Å². The van der Waals surface area contributed by atoms with E-state index in [1.54, 1.807) is 35.7 Å². The SMILES string of the molecule is CS(=O)(=O)c1ccc(-c2cccc3[nH]c(=O)c4scc(O)c4c23)cc1. The Morgan fingerprint density at radius 1 is 1.04 bits per heavy atom. The Bertz CT molecular complexity index is 1280. The molecule has 4 rings (SSSR count). The van der Waals surface area contributed by atoms with Gasteiger partial charge in [0.2, 0.25) is 0 Å². The first-order chi connectivity index (χ1) is 11.9. The Balaban J connectivity index is 2.07. The van der Waals surface area contributed by atoms with E-state index in [1.165, 1.54) is 11.3 Å². The summed E-state index contributed by atoms with van der Waals surface area (Å²) in [6.07, 6.45) is 1.16. The van der Waals surface area contributed by atoms with E-state index in [0.717, 1.165) is 22.8 Å². The lowest BCUT2D eigenvalue weighted by atomic mass is 9.98. The predicted octanol–water partition coefficient (Wildman–Crippen LogP) is 3.52. The second-order valence-corrected chi connectivity index (χ2v) is 8.70. The summed E-state index contributed by atoms with van der Waals surface area (Å²) in [7, 11) is -3.27. The van der Waals surface area contributed by atoms with E-state index in [-0.39, 0.29) is 16.2 Å². The molecule has 0 atom stereocenters. The number of H-pyrrole nitrogens is 1. The number of aromatic amines is 1. The highest BCUT2D eigenvalue weighted by molar-refractivity contribution is 7.90. The maximum absolute atomic E-state index is 12.2. The molecule has 2 aromatic heterocycles. The molecule has 0 bridgehead atoms. The fraction of sp³-hybridized carbons (Fsp3) is 0.0556. The summed E-state index contributed by atoms with van der Waals surface area (Å²) in [5.74, 6) is 0.0660. The predicted molar refractivity (Wildman–Crippen MR) is 100 cm³/mol. The zero-order valence-electron chi connectivity index (χ0n) is 13.1. The van der Waals surface area contributed by atoms with Crippen molar-refractivity contribution in [3.8, 4) is 16.9 Å². The van der Waals surface area contributed by atoms with Crippen LogP contribution in [0.2, 0.25) is 0 Å². The number of hydrogen-bond acceptors (Lipinski definition) is 5. The summed E-state index contributed by atoms with van der Waals surface area (Å²) >= 11 is 1.19. The topological polar surface area (TPSA) is 87.2 Å². The van der Waals surface area contributed by atoms with Gasteiger partial charge >= 0.3 is 0 Å². The van der Waals surface area contributed by atoms with Crippen LogP contribution in [0, 0.1) is 0 Å². The molecule has 4 aromatic rings. The molecule has 0 aliphatic heterocycles. The van der Waals surface area contributed by atoms with Gasteiger partial charge in [0.05, 0.1) is 4.90 Å². The number of sulfone groups is 1. The lowest BCUT2D eigenvalue weighted by Gasteiger charge is -2.09. The van der Waals surface area contributed by atoms with Crippen LogP contribution in [0.5, 0.6) is 5.75 Å². The molecule has 0 amide bonds. The molecule has 2 aromatic carbocycles. The largest absolute Gasteiger partial charge is 0.506 e. The summed E-state index contributed by atoms with van der Waals surface area (Å²) < 4.78 is 23.8. The van der Waals surface area contributed by atoms with E-state index < -0.39 is 9.84 Å². The summed E-state index contributed by atoms with van der Waals surface area (Å²) in [4.78, 5) is 15.3. The van der Waals surface area contributed by atoms with Crippen LogP contribution in [0.3, 0.4) is 0 Å². The van der Waals surface area contributed by atoms with E-state index in [2.05, 4.69) is 4.98 Å². The molecule has 5 nitrogen and oxygen atoms in total. The first-order valence-electron chi connectivity index (χ1n) is 7.42. The normalized spacial score (nSPS) is 12.0. The monoisotopic (exact) mass is 371 g/mol. The van der Waals surface area contributed by atoms with E-state index in [4.69, 9.17) is 0 Å². The van der Waals surface area contributed by atoms with Crippen molar-refractivity contribution >= 4 is 42.2 Å². The number of benzene rings is 2. The molecule has 0 saturated heterocycles. The highest BCUT2D eigenvalue weighted by atomic mass is 32.2. The maximum Gasteiger partial charge on any atom is 0.266 e. The minimum Gasteiger partial charge on any atom is -0.506 e. The fourth-order valence-corrected chi connectivity index (χ4v) is 4.45. The highest BCUT2D eigenvalue weighted by Gasteiger charge is 2.15. The average molecular weight is 371 g/mol. The summed E-state index contributed by atoms with van der Waals surface area (Å²) in [6, 6.07) is 12.0. The van der Waals surface area contributed by atoms with Crippen LogP contribution >= 0.6 is 11.3 Å². The Hall–Kier alpha value is -2.64. The molecule has 0 aliphatic carbocycles. The van der Waals surface area contributed by atoms with Gasteiger partial charge in [-0.05, 0) is 29.3 Å². The molecule has 0 radical (unpaired) electrons. The Morgan fingerprint density at radius 3 is 2.44 bits per heavy atom. The van der Waals surface area contributed by atoms with E-state index in [0.29, 0.717) is 15.6 Å². The number of hydrogen-bond donors (Lipinski definition) is 2. The van der Waals surface area contributed by atoms with Crippen LogP contribution < -0.4 is 5.56 Å². The number of aromatic hydroxyl groups is 1. The average Bonchev–Trinajstić information content (AvgIpc) is 2.96. The molecule has 2 heterocycles. The summed E-state index contributed by atoms with van der Waals surface area (Å²) in [6.45, 7) is 0. The van der Waals surface area contributed by atoms with Crippen molar-refractivity contribution < 1.29 is 13.5 Å². The summed E-state index contributed by atoms with van der Waals surface area (Å²) in [5, 5.41) is 13.0. The minimum absolute atomic E-state index is 0.0660. The van der Waals surface area contributed by atoms with Gasteiger partial charge < -0.3 is 10.1 Å². The third kappa shape index (κ3) is 2.52.